The van der Waals surface area contributed by atoms with E-state index in [-0.39, 0.29) is 5.76 Å². The van der Waals surface area contributed by atoms with Crippen LogP contribution in [0.3, 0.4) is 0 Å². The zero-order valence-corrected chi connectivity index (χ0v) is 9.82. The molecule has 4 heteroatoms. The van der Waals surface area contributed by atoms with E-state index in [1.165, 1.54) is 11.3 Å². The Bertz CT molecular complexity index is 600. The maximum absolute atomic E-state index is 10.9. The molecule has 1 aliphatic heterocycles. The first-order valence-corrected chi connectivity index (χ1v) is 5.54. The number of benzene rings is 1. The van der Waals surface area contributed by atoms with Gasteiger partial charge >= 0.3 is 0 Å². The van der Waals surface area contributed by atoms with Crippen molar-refractivity contribution >= 4 is 22.9 Å². The van der Waals surface area contributed by atoms with E-state index in [4.69, 9.17) is 9.15 Å². The van der Waals surface area contributed by atoms with E-state index >= 15 is 0 Å². The number of nitrogens with zero attached hydrogens (tertiary/aromatic N) is 1. The number of aldehydes is 1. The molecule has 1 aromatic heterocycles. The summed E-state index contributed by atoms with van der Waals surface area (Å²) in [6, 6.07) is 4.04. The van der Waals surface area contributed by atoms with E-state index in [0.717, 1.165) is 23.9 Å². The fraction of sp³-hybridized carbons (Fsp3) is 0.308. The number of fused-ring (bicyclic) bond motifs is 2. The van der Waals surface area contributed by atoms with Gasteiger partial charge in [-0.1, -0.05) is 0 Å². The summed E-state index contributed by atoms with van der Waals surface area (Å²) >= 11 is 0. The third-order valence-electron chi connectivity index (χ3n) is 3.31. The van der Waals surface area contributed by atoms with Gasteiger partial charge in [-0.15, -0.1) is 0 Å². The second-order valence-corrected chi connectivity index (χ2v) is 4.27. The predicted molar refractivity (Wildman–Crippen MR) is 65.1 cm³/mol. The molecule has 0 fully saturated rings. The van der Waals surface area contributed by atoms with Crippen LogP contribution in [0.1, 0.15) is 16.1 Å². The van der Waals surface area contributed by atoms with Gasteiger partial charge in [0.2, 0.25) is 5.76 Å². The highest BCUT2D eigenvalue weighted by Gasteiger charge is 2.21. The molecule has 2 heterocycles. The number of likely N-dealkylation sites (N-methyl/N-ethyl adjacent to an activating group) is 1. The van der Waals surface area contributed by atoms with Crippen molar-refractivity contribution in [3.05, 3.63) is 23.5 Å². The lowest BCUT2D eigenvalue weighted by molar-refractivity contribution is 0.109. The van der Waals surface area contributed by atoms with Crippen LogP contribution < -0.4 is 9.64 Å². The number of methoxy groups -OCH3 is 1. The van der Waals surface area contributed by atoms with Crippen LogP contribution in [0, 0.1) is 0 Å². The van der Waals surface area contributed by atoms with Crippen molar-refractivity contribution in [2.45, 2.75) is 6.42 Å². The quantitative estimate of drug-likeness (QED) is 0.743. The zero-order valence-electron chi connectivity index (χ0n) is 9.82. The van der Waals surface area contributed by atoms with Crippen molar-refractivity contribution in [3.8, 4) is 5.75 Å². The van der Waals surface area contributed by atoms with Crippen molar-refractivity contribution in [3.63, 3.8) is 0 Å². The van der Waals surface area contributed by atoms with E-state index in [1.54, 1.807) is 7.11 Å². The molecule has 0 bridgehead atoms. The number of hydrogen-bond donors (Lipinski definition) is 0. The fourth-order valence-electron chi connectivity index (χ4n) is 2.42. The Morgan fingerprint density at radius 2 is 2.29 bits per heavy atom. The van der Waals surface area contributed by atoms with Gasteiger partial charge in [-0.3, -0.25) is 4.79 Å². The number of ether oxygens (including phenoxy) is 1. The minimum atomic E-state index is 0.258. The van der Waals surface area contributed by atoms with E-state index in [2.05, 4.69) is 11.9 Å². The van der Waals surface area contributed by atoms with Gasteiger partial charge in [0, 0.05) is 19.3 Å². The largest absolute Gasteiger partial charge is 0.492 e. The van der Waals surface area contributed by atoms with Crippen LogP contribution in [0.2, 0.25) is 0 Å². The molecular formula is C13H13NO3. The van der Waals surface area contributed by atoms with Crippen LogP contribution in [-0.2, 0) is 6.42 Å². The number of anilines is 1. The number of rotatable bonds is 2. The Labute approximate surface area is 98.8 Å². The lowest BCUT2D eigenvalue weighted by atomic mass is 10.1. The third-order valence-corrected chi connectivity index (χ3v) is 3.31. The smallest absolute Gasteiger partial charge is 0.209 e. The molecule has 0 amide bonds. The van der Waals surface area contributed by atoms with Gasteiger partial charge in [0.1, 0.15) is 5.58 Å². The highest BCUT2D eigenvalue weighted by molar-refractivity contribution is 5.95. The summed E-state index contributed by atoms with van der Waals surface area (Å²) in [5.41, 5.74) is 3.17. The molecule has 17 heavy (non-hydrogen) atoms. The Morgan fingerprint density at radius 3 is 3.00 bits per heavy atom. The van der Waals surface area contributed by atoms with Crippen molar-refractivity contribution in [2.75, 3.05) is 25.6 Å². The summed E-state index contributed by atoms with van der Waals surface area (Å²) in [7, 11) is 3.61. The van der Waals surface area contributed by atoms with Crippen LogP contribution >= 0.6 is 0 Å². The monoisotopic (exact) mass is 231 g/mol. The fourth-order valence-corrected chi connectivity index (χ4v) is 2.42. The minimum Gasteiger partial charge on any atom is -0.492 e. The lowest BCUT2D eigenvalue weighted by Crippen LogP contribution is -2.12. The molecule has 0 radical (unpaired) electrons. The Balaban J connectivity index is 2.31. The molecule has 0 aliphatic carbocycles. The van der Waals surface area contributed by atoms with Gasteiger partial charge in [-0.05, 0) is 24.1 Å². The third kappa shape index (κ3) is 1.33. The van der Waals surface area contributed by atoms with Gasteiger partial charge < -0.3 is 14.1 Å². The standard InChI is InChI=1S/C13H13NO3/c1-14-4-3-8-5-11-9(6-10(8)14)13(16-2)12(7-15)17-11/h5-7H,3-4H2,1-2H3. The molecule has 1 aromatic carbocycles. The molecule has 0 saturated heterocycles. The summed E-state index contributed by atoms with van der Waals surface area (Å²) in [5, 5.41) is 0.863. The first-order valence-electron chi connectivity index (χ1n) is 5.54. The average Bonchev–Trinajstić information content (AvgIpc) is 2.87. The Morgan fingerprint density at radius 1 is 1.47 bits per heavy atom. The molecular weight excluding hydrogens is 218 g/mol. The van der Waals surface area contributed by atoms with Crippen LogP contribution in [-0.4, -0.2) is 27.0 Å². The summed E-state index contributed by atoms with van der Waals surface area (Å²) in [5.74, 6) is 0.784. The Kier molecular flexibility index (Phi) is 2.11. The molecule has 1 aliphatic rings. The second kappa shape index (κ2) is 3.52. The van der Waals surface area contributed by atoms with Crippen molar-refractivity contribution in [1.29, 1.82) is 0 Å². The first-order chi connectivity index (χ1) is 8.24. The van der Waals surface area contributed by atoms with Crippen molar-refractivity contribution < 1.29 is 13.9 Å². The van der Waals surface area contributed by atoms with E-state index < -0.39 is 0 Å². The average molecular weight is 231 g/mol. The van der Waals surface area contributed by atoms with Crippen molar-refractivity contribution in [2.24, 2.45) is 0 Å². The molecule has 0 N–H and O–H groups in total. The molecule has 0 spiro atoms. The first kappa shape index (κ1) is 10.2. The predicted octanol–water partition coefficient (Wildman–Crippen LogP) is 2.25. The van der Waals surface area contributed by atoms with E-state index in [0.29, 0.717) is 12.0 Å². The van der Waals surface area contributed by atoms with Crippen LogP contribution in [0.25, 0.3) is 11.0 Å². The highest BCUT2D eigenvalue weighted by Crippen LogP contribution is 2.38. The normalized spacial score (nSPS) is 14.1. The van der Waals surface area contributed by atoms with Gasteiger partial charge in [-0.25, -0.2) is 0 Å². The number of furan rings is 1. The number of hydrogen-bond acceptors (Lipinski definition) is 4. The molecule has 0 unspecified atom stereocenters. The van der Waals surface area contributed by atoms with E-state index in [9.17, 15) is 4.79 Å². The van der Waals surface area contributed by atoms with Crippen molar-refractivity contribution in [1.82, 2.24) is 0 Å². The highest BCUT2D eigenvalue weighted by atomic mass is 16.5. The molecule has 0 saturated carbocycles. The molecule has 0 atom stereocenters. The number of carbonyl (C=O) groups excluding carboxylic acids is 1. The maximum Gasteiger partial charge on any atom is 0.209 e. The second-order valence-electron chi connectivity index (χ2n) is 4.27. The zero-order chi connectivity index (χ0) is 12.0. The Hall–Kier alpha value is -1.97. The van der Waals surface area contributed by atoms with Crippen LogP contribution in [0.4, 0.5) is 5.69 Å². The molecule has 3 rings (SSSR count). The summed E-state index contributed by atoms with van der Waals surface area (Å²) < 4.78 is 10.7. The minimum absolute atomic E-state index is 0.258. The molecule has 2 aromatic rings. The SMILES string of the molecule is COc1c(C=O)oc2cc3c(cc12)N(C)CC3. The lowest BCUT2D eigenvalue weighted by Gasteiger charge is -2.11. The van der Waals surface area contributed by atoms with Gasteiger partial charge in [0.15, 0.2) is 12.0 Å². The van der Waals surface area contributed by atoms with E-state index in [1.807, 2.05) is 12.1 Å². The maximum atomic E-state index is 10.9. The van der Waals surface area contributed by atoms with Crippen LogP contribution in [0.15, 0.2) is 16.5 Å². The van der Waals surface area contributed by atoms with Gasteiger partial charge in [0.05, 0.1) is 12.5 Å². The summed E-state index contributed by atoms with van der Waals surface area (Å²) in [6.45, 7) is 1.02. The summed E-state index contributed by atoms with van der Waals surface area (Å²) in [6.07, 6.45) is 1.70. The topological polar surface area (TPSA) is 42.7 Å². The number of carbonyl (C=O) groups is 1. The van der Waals surface area contributed by atoms with Gasteiger partial charge in [0.25, 0.3) is 0 Å². The molecule has 88 valence electrons. The summed E-state index contributed by atoms with van der Waals surface area (Å²) in [4.78, 5) is 13.1. The van der Waals surface area contributed by atoms with Gasteiger partial charge in [-0.2, -0.15) is 0 Å². The van der Waals surface area contributed by atoms with Crippen LogP contribution in [0.5, 0.6) is 5.75 Å². The molecule has 4 nitrogen and oxygen atoms in total.